The zero-order valence-electron chi connectivity index (χ0n) is 10.6. The van der Waals surface area contributed by atoms with Crippen molar-refractivity contribution in [3.63, 3.8) is 0 Å². The Morgan fingerprint density at radius 3 is 2.33 bits per heavy atom. The number of rotatable bonds is 4. The molecule has 1 saturated carbocycles. The summed E-state index contributed by atoms with van der Waals surface area (Å²) < 4.78 is 7.14. The van der Waals surface area contributed by atoms with Crippen LogP contribution in [0.4, 0.5) is 0 Å². The lowest BCUT2D eigenvalue weighted by atomic mass is 10.1. The number of hydrogen-bond donors (Lipinski definition) is 0. The Kier molecular flexibility index (Phi) is 3.90. The maximum Gasteiger partial charge on any atom is 0.119 e. The second-order valence-electron chi connectivity index (χ2n) is 5.52. The van der Waals surface area contributed by atoms with Gasteiger partial charge in [-0.05, 0) is 55.9 Å². The predicted molar refractivity (Wildman–Crippen MR) is 77.0 cm³/mol. The normalized spacial score (nSPS) is 22.1. The van der Waals surface area contributed by atoms with Gasteiger partial charge in [-0.2, -0.15) is 0 Å². The van der Waals surface area contributed by atoms with Gasteiger partial charge >= 0.3 is 0 Å². The Hall–Kier alpha value is -0.540. The van der Waals surface area contributed by atoms with Crippen LogP contribution >= 0.6 is 15.9 Å². The lowest BCUT2D eigenvalue weighted by Crippen LogP contribution is -2.39. The van der Waals surface area contributed by atoms with E-state index in [1.165, 1.54) is 45.3 Å². The fourth-order valence-corrected chi connectivity index (χ4v) is 2.85. The van der Waals surface area contributed by atoms with E-state index in [2.05, 4.69) is 20.8 Å². The fourth-order valence-electron chi connectivity index (χ4n) is 2.58. The van der Waals surface area contributed by atoms with Crippen molar-refractivity contribution < 1.29 is 4.74 Å². The first-order chi connectivity index (χ1) is 8.79. The molecule has 0 amide bonds. The van der Waals surface area contributed by atoms with Crippen LogP contribution in [-0.2, 0) is 0 Å². The second kappa shape index (κ2) is 5.62. The summed E-state index contributed by atoms with van der Waals surface area (Å²) in [6.07, 6.45) is 5.65. The Balaban J connectivity index is 1.45. The molecule has 0 atom stereocenters. The van der Waals surface area contributed by atoms with Crippen LogP contribution in [-0.4, -0.2) is 30.6 Å². The van der Waals surface area contributed by atoms with E-state index in [0.29, 0.717) is 6.10 Å². The molecule has 1 aliphatic heterocycles. The summed E-state index contributed by atoms with van der Waals surface area (Å²) in [5.41, 5.74) is 0. The van der Waals surface area contributed by atoms with Crippen LogP contribution < -0.4 is 4.74 Å². The Morgan fingerprint density at radius 2 is 1.72 bits per heavy atom. The predicted octanol–water partition coefficient (Wildman–Crippen LogP) is 3.70. The van der Waals surface area contributed by atoms with Crippen molar-refractivity contribution in [2.24, 2.45) is 5.92 Å². The third-order valence-electron chi connectivity index (χ3n) is 3.86. The van der Waals surface area contributed by atoms with Gasteiger partial charge in [0.15, 0.2) is 0 Å². The smallest absolute Gasteiger partial charge is 0.119 e. The quantitative estimate of drug-likeness (QED) is 0.841. The largest absolute Gasteiger partial charge is 0.490 e. The summed E-state index contributed by atoms with van der Waals surface area (Å²) in [5.74, 6) is 2.01. The van der Waals surface area contributed by atoms with E-state index in [9.17, 15) is 0 Å². The minimum Gasteiger partial charge on any atom is -0.490 e. The zero-order chi connectivity index (χ0) is 12.4. The van der Waals surface area contributed by atoms with Gasteiger partial charge in [0.2, 0.25) is 0 Å². The molecule has 0 spiro atoms. The number of ether oxygens (including phenoxy) is 1. The molecule has 98 valence electrons. The first-order valence-corrected chi connectivity index (χ1v) is 7.73. The highest BCUT2D eigenvalue weighted by atomic mass is 79.9. The molecular formula is C15H20BrNO. The van der Waals surface area contributed by atoms with Crippen molar-refractivity contribution in [3.8, 4) is 5.75 Å². The molecule has 2 aliphatic rings. The molecule has 2 nitrogen and oxygen atoms in total. The maximum absolute atomic E-state index is 6.03. The SMILES string of the molecule is Brc1ccc(OC2CCN(CC3CC3)CC2)cc1. The van der Waals surface area contributed by atoms with Gasteiger partial charge in [-0.15, -0.1) is 0 Å². The highest BCUT2D eigenvalue weighted by Crippen LogP contribution is 2.31. The molecule has 3 heteroatoms. The number of likely N-dealkylation sites (tertiary alicyclic amines) is 1. The van der Waals surface area contributed by atoms with Gasteiger partial charge in [0.1, 0.15) is 11.9 Å². The molecule has 0 unspecified atom stereocenters. The van der Waals surface area contributed by atoms with Gasteiger partial charge < -0.3 is 9.64 Å². The molecule has 0 aromatic heterocycles. The summed E-state index contributed by atoms with van der Waals surface area (Å²) in [7, 11) is 0. The fraction of sp³-hybridized carbons (Fsp3) is 0.600. The van der Waals surface area contributed by atoms with Gasteiger partial charge in [0, 0.05) is 24.1 Å². The average Bonchev–Trinajstić information content (AvgIpc) is 3.19. The van der Waals surface area contributed by atoms with Crippen LogP contribution in [0, 0.1) is 5.92 Å². The molecule has 0 radical (unpaired) electrons. The first-order valence-electron chi connectivity index (χ1n) is 6.94. The molecule has 0 bridgehead atoms. The van der Waals surface area contributed by atoms with Crippen molar-refractivity contribution in [1.29, 1.82) is 0 Å². The number of piperidine rings is 1. The minimum atomic E-state index is 0.404. The van der Waals surface area contributed by atoms with E-state index in [1.54, 1.807) is 0 Å². The monoisotopic (exact) mass is 309 g/mol. The number of hydrogen-bond acceptors (Lipinski definition) is 2. The second-order valence-corrected chi connectivity index (χ2v) is 6.43. The van der Waals surface area contributed by atoms with E-state index in [0.717, 1.165) is 16.1 Å². The van der Waals surface area contributed by atoms with E-state index < -0.39 is 0 Å². The lowest BCUT2D eigenvalue weighted by Gasteiger charge is -2.32. The van der Waals surface area contributed by atoms with Crippen molar-refractivity contribution in [2.45, 2.75) is 31.8 Å². The highest BCUT2D eigenvalue weighted by molar-refractivity contribution is 9.10. The van der Waals surface area contributed by atoms with Gasteiger partial charge in [0.05, 0.1) is 0 Å². The van der Waals surface area contributed by atoms with E-state index in [1.807, 2.05) is 24.3 Å². The van der Waals surface area contributed by atoms with E-state index in [-0.39, 0.29) is 0 Å². The highest BCUT2D eigenvalue weighted by Gasteiger charge is 2.27. The summed E-state index contributed by atoms with van der Waals surface area (Å²) in [6.45, 7) is 3.74. The van der Waals surface area contributed by atoms with Crippen LogP contribution in [0.15, 0.2) is 28.7 Å². The molecule has 1 aliphatic carbocycles. The third kappa shape index (κ3) is 3.48. The molecule has 1 heterocycles. The summed E-state index contributed by atoms with van der Waals surface area (Å²) in [5, 5.41) is 0. The van der Waals surface area contributed by atoms with Crippen LogP contribution in [0.3, 0.4) is 0 Å². The topological polar surface area (TPSA) is 12.5 Å². The van der Waals surface area contributed by atoms with E-state index >= 15 is 0 Å². The van der Waals surface area contributed by atoms with Crippen molar-refractivity contribution in [2.75, 3.05) is 19.6 Å². The molecule has 1 saturated heterocycles. The van der Waals surface area contributed by atoms with E-state index in [4.69, 9.17) is 4.74 Å². The molecule has 3 rings (SSSR count). The molecule has 18 heavy (non-hydrogen) atoms. The maximum atomic E-state index is 6.03. The van der Waals surface area contributed by atoms with Crippen molar-refractivity contribution >= 4 is 15.9 Å². The van der Waals surface area contributed by atoms with Gasteiger partial charge in [-0.25, -0.2) is 0 Å². The summed E-state index contributed by atoms with van der Waals surface area (Å²) >= 11 is 3.45. The van der Waals surface area contributed by atoms with Crippen molar-refractivity contribution in [1.82, 2.24) is 4.90 Å². The van der Waals surface area contributed by atoms with Gasteiger partial charge in [-0.1, -0.05) is 15.9 Å². The van der Waals surface area contributed by atoms with Gasteiger partial charge in [0.25, 0.3) is 0 Å². The standard InChI is InChI=1S/C15H20BrNO/c16-13-3-5-14(6-4-13)18-15-7-9-17(10-8-15)11-12-1-2-12/h3-6,12,15H,1-2,7-11H2. The van der Waals surface area contributed by atoms with Crippen molar-refractivity contribution in [3.05, 3.63) is 28.7 Å². The van der Waals surface area contributed by atoms with Crippen LogP contribution in [0.5, 0.6) is 5.75 Å². The zero-order valence-corrected chi connectivity index (χ0v) is 12.2. The third-order valence-corrected chi connectivity index (χ3v) is 4.39. The van der Waals surface area contributed by atoms with Crippen LogP contribution in [0.25, 0.3) is 0 Å². The summed E-state index contributed by atoms with van der Waals surface area (Å²) in [4.78, 5) is 2.61. The van der Waals surface area contributed by atoms with Crippen LogP contribution in [0.1, 0.15) is 25.7 Å². The number of nitrogens with zero attached hydrogens (tertiary/aromatic N) is 1. The number of halogens is 1. The molecule has 2 fully saturated rings. The molecule has 1 aromatic carbocycles. The Bertz CT molecular complexity index is 380. The lowest BCUT2D eigenvalue weighted by molar-refractivity contribution is 0.0980. The number of benzene rings is 1. The Labute approximate surface area is 117 Å². The van der Waals surface area contributed by atoms with Gasteiger partial charge in [-0.3, -0.25) is 0 Å². The molecule has 1 aromatic rings. The minimum absolute atomic E-state index is 0.404. The molecular weight excluding hydrogens is 290 g/mol. The Morgan fingerprint density at radius 1 is 1.06 bits per heavy atom. The summed E-state index contributed by atoms with van der Waals surface area (Å²) in [6, 6.07) is 8.16. The molecule has 0 N–H and O–H groups in total. The average molecular weight is 310 g/mol. The van der Waals surface area contributed by atoms with Crippen LogP contribution in [0.2, 0.25) is 0 Å². The first kappa shape index (κ1) is 12.5.